The van der Waals surface area contributed by atoms with Crippen molar-refractivity contribution in [2.75, 3.05) is 0 Å². The summed E-state index contributed by atoms with van der Waals surface area (Å²) in [4.78, 5) is 0. The third-order valence-corrected chi connectivity index (χ3v) is 3.20. The highest BCUT2D eigenvalue weighted by atomic mass is 19.1. The number of alkyl halides is 1. The van der Waals surface area contributed by atoms with E-state index in [2.05, 4.69) is 6.92 Å². The molecule has 0 saturated heterocycles. The van der Waals surface area contributed by atoms with Crippen LogP contribution in [0.4, 0.5) is 4.39 Å². The molecule has 0 N–H and O–H groups in total. The van der Waals surface area contributed by atoms with E-state index in [1.807, 2.05) is 0 Å². The molecule has 0 aromatic rings. The summed E-state index contributed by atoms with van der Waals surface area (Å²) in [6, 6.07) is 0. The van der Waals surface area contributed by atoms with Crippen molar-refractivity contribution < 1.29 is 4.39 Å². The van der Waals surface area contributed by atoms with Gasteiger partial charge < -0.3 is 0 Å². The van der Waals surface area contributed by atoms with Crippen LogP contribution in [0.15, 0.2) is 0 Å². The van der Waals surface area contributed by atoms with Gasteiger partial charge in [0.1, 0.15) is 5.67 Å². The largest absolute Gasteiger partial charge is 0.244 e. The summed E-state index contributed by atoms with van der Waals surface area (Å²) in [7, 11) is 0. The van der Waals surface area contributed by atoms with Gasteiger partial charge in [-0.05, 0) is 32.1 Å². The highest BCUT2D eigenvalue weighted by Crippen LogP contribution is 2.37. The fourth-order valence-electron chi connectivity index (χ4n) is 2.40. The Kier molecular flexibility index (Phi) is 3.54. The molecule has 1 heteroatoms. The number of hydrogen-bond acceptors (Lipinski definition) is 0. The number of halogens is 1. The number of hydrogen-bond donors (Lipinski definition) is 0. The molecule has 12 heavy (non-hydrogen) atoms. The van der Waals surface area contributed by atoms with Crippen LogP contribution in [0, 0.1) is 5.92 Å². The lowest BCUT2D eigenvalue weighted by Gasteiger charge is -2.33. The summed E-state index contributed by atoms with van der Waals surface area (Å²) >= 11 is 0. The predicted molar refractivity (Wildman–Crippen MR) is 51.0 cm³/mol. The van der Waals surface area contributed by atoms with E-state index >= 15 is 0 Å². The summed E-state index contributed by atoms with van der Waals surface area (Å²) in [5.41, 5.74) is -0.880. The normalized spacial score (nSPS) is 25.2. The molecule has 1 aliphatic carbocycles. The molecular formula is C11H21F. The zero-order chi connectivity index (χ0) is 9.03. The van der Waals surface area contributed by atoms with E-state index in [0.717, 1.165) is 25.7 Å². The van der Waals surface area contributed by atoms with Crippen molar-refractivity contribution in [2.45, 2.75) is 64.5 Å². The second kappa shape index (κ2) is 4.25. The van der Waals surface area contributed by atoms with Gasteiger partial charge in [0.25, 0.3) is 0 Å². The Labute approximate surface area is 75.5 Å². The Morgan fingerprint density at radius 1 is 1.25 bits per heavy atom. The van der Waals surface area contributed by atoms with Gasteiger partial charge in [0.05, 0.1) is 0 Å². The second-order valence-corrected chi connectivity index (χ2v) is 4.36. The van der Waals surface area contributed by atoms with Crippen LogP contribution in [0.3, 0.4) is 0 Å². The van der Waals surface area contributed by atoms with Gasteiger partial charge in [-0.3, -0.25) is 0 Å². The van der Waals surface area contributed by atoms with Gasteiger partial charge in [-0.25, -0.2) is 4.39 Å². The Hall–Kier alpha value is -0.0700. The van der Waals surface area contributed by atoms with Crippen molar-refractivity contribution in [1.82, 2.24) is 0 Å². The van der Waals surface area contributed by atoms with Crippen LogP contribution in [-0.2, 0) is 0 Å². The molecule has 0 aliphatic heterocycles. The first-order valence-electron chi connectivity index (χ1n) is 5.35. The second-order valence-electron chi connectivity index (χ2n) is 4.36. The van der Waals surface area contributed by atoms with Crippen LogP contribution in [-0.4, -0.2) is 5.67 Å². The molecule has 1 aliphatic rings. The smallest absolute Gasteiger partial charge is 0.111 e. The lowest BCUT2D eigenvalue weighted by atomic mass is 9.77. The highest BCUT2D eigenvalue weighted by molar-refractivity contribution is 4.84. The summed E-state index contributed by atoms with van der Waals surface area (Å²) in [5, 5.41) is 0. The topological polar surface area (TPSA) is 0 Å². The van der Waals surface area contributed by atoms with Crippen molar-refractivity contribution in [2.24, 2.45) is 5.92 Å². The van der Waals surface area contributed by atoms with E-state index in [4.69, 9.17) is 0 Å². The Balaban J connectivity index is 2.41. The molecule has 0 heterocycles. The summed E-state index contributed by atoms with van der Waals surface area (Å²) in [6.07, 6.45) is 7.77. The number of rotatable bonds is 3. The van der Waals surface area contributed by atoms with Crippen LogP contribution in [0.25, 0.3) is 0 Å². The molecule has 0 nitrogen and oxygen atoms in total. The molecule has 1 saturated carbocycles. The molecular weight excluding hydrogens is 151 g/mol. The van der Waals surface area contributed by atoms with Gasteiger partial charge in [0.2, 0.25) is 0 Å². The maximum absolute atomic E-state index is 14.0. The zero-order valence-electron chi connectivity index (χ0n) is 8.41. The molecule has 0 aromatic heterocycles. The summed E-state index contributed by atoms with van der Waals surface area (Å²) in [6.45, 7) is 3.87. The van der Waals surface area contributed by atoms with Crippen LogP contribution < -0.4 is 0 Å². The standard InChI is InChI=1S/C11H21F/c1-3-9-11(2,12)10-7-5-4-6-8-10/h10H,3-9H2,1-2H3. The van der Waals surface area contributed by atoms with Crippen LogP contribution in [0.2, 0.25) is 0 Å². The zero-order valence-corrected chi connectivity index (χ0v) is 8.41. The van der Waals surface area contributed by atoms with Gasteiger partial charge in [-0.1, -0.05) is 32.6 Å². The van der Waals surface area contributed by atoms with Gasteiger partial charge in [0.15, 0.2) is 0 Å². The minimum Gasteiger partial charge on any atom is -0.244 e. The first-order valence-corrected chi connectivity index (χ1v) is 5.35. The molecule has 1 unspecified atom stereocenters. The van der Waals surface area contributed by atoms with Crippen molar-refractivity contribution in [3.63, 3.8) is 0 Å². The Morgan fingerprint density at radius 2 is 1.83 bits per heavy atom. The average Bonchev–Trinajstić information content (AvgIpc) is 2.06. The van der Waals surface area contributed by atoms with Crippen LogP contribution >= 0.6 is 0 Å². The van der Waals surface area contributed by atoms with E-state index < -0.39 is 5.67 Å². The molecule has 0 bridgehead atoms. The quantitative estimate of drug-likeness (QED) is 0.601. The summed E-state index contributed by atoms with van der Waals surface area (Å²) < 4.78 is 14.0. The van der Waals surface area contributed by atoms with E-state index in [0.29, 0.717) is 5.92 Å². The average molecular weight is 172 g/mol. The van der Waals surface area contributed by atoms with Gasteiger partial charge in [-0.15, -0.1) is 0 Å². The van der Waals surface area contributed by atoms with Crippen molar-refractivity contribution in [3.8, 4) is 0 Å². The SMILES string of the molecule is CCCC(C)(F)C1CCCCC1. The molecule has 0 radical (unpaired) electrons. The van der Waals surface area contributed by atoms with Crippen LogP contribution in [0.5, 0.6) is 0 Å². The summed E-state index contributed by atoms with van der Waals surface area (Å²) in [5.74, 6) is 0.353. The molecule has 0 amide bonds. The highest BCUT2D eigenvalue weighted by Gasteiger charge is 2.33. The third-order valence-electron chi connectivity index (χ3n) is 3.20. The van der Waals surface area contributed by atoms with E-state index in [1.165, 1.54) is 19.3 Å². The maximum Gasteiger partial charge on any atom is 0.111 e. The first kappa shape index (κ1) is 10.0. The fourth-order valence-corrected chi connectivity index (χ4v) is 2.40. The molecule has 1 atom stereocenters. The van der Waals surface area contributed by atoms with Crippen molar-refractivity contribution in [3.05, 3.63) is 0 Å². The van der Waals surface area contributed by atoms with E-state index in [1.54, 1.807) is 6.92 Å². The molecule has 0 aromatic carbocycles. The van der Waals surface area contributed by atoms with Gasteiger partial charge in [0, 0.05) is 0 Å². The molecule has 0 spiro atoms. The monoisotopic (exact) mass is 172 g/mol. The van der Waals surface area contributed by atoms with Gasteiger partial charge >= 0.3 is 0 Å². The third kappa shape index (κ3) is 2.46. The van der Waals surface area contributed by atoms with Crippen molar-refractivity contribution >= 4 is 0 Å². The lowest BCUT2D eigenvalue weighted by molar-refractivity contribution is 0.0650. The molecule has 1 rings (SSSR count). The van der Waals surface area contributed by atoms with Crippen LogP contribution in [0.1, 0.15) is 58.8 Å². The predicted octanol–water partition coefficient (Wildman–Crippen LogP) is 4.10. The molecule has 72 valence electrons. The van der Waals surface area contributed by atoms with Gasteiger partial charge in [-0.2, -0.15) is 0 Å². The lowest BCUT2D eigenvalue weighted by Crippen LogP contribution is -2.31. The van der Waals surface area contributed by atoms with E-state index in [-0.39, 0.29) is 0 Å². The minimum absolute atomic E-state index is 0.353. The fraction of sp³-hybridized carbons (Fsp3) is 1.00. The first-order chi connectivity index (χ1) is 5.67. The van der Waals surface area contributed by atoms with E-state index in [9.17, 15) is 4.39 Å². The van der Waals surface area contributed by atoms with Crippen molar-refractivity contribution in [1.29, 1.82) is 0 Å². The Bertz CT molecular complexity index is 123. The Morgan fingerprint density at radius 3 is 2.33 bits per heavy atom. The maximum atomic E-state index is 14.0. The molecule has 1 fully saturated rings. The minimum atomic E-state index is -0.880.